The second-order valence-electron chi connectivity index (χ2n) is 9.79. The van der Waals surface area contributed by atoms with Gasteiger partial charge < -0.3 is 10.6 Å². The van der Waals surface area contributed by atoms with Gasteiger partial charge in [-0.15, -0.1) is 0 Å². The molecule has 1 aromatic heterocycles. The van der Waals surface area contributed by atoms with Crippen molar-refractivity contribution in [2.45, 2.75) is 32.1 Å². The van der Waals surface area contributed by atoms with Crippen LogP contribution in [-0.4, -0.2) is 33.9 Å². The Hall–Kier alpha value is -3.76. The lowest BCUT2D eigenvalue weighted by atomic mass is 9.95. The zero-order valence-corrected chi connectivity index (χ0v) is 22.1. The lowest BCUT2D eigenvalue weighted by molar-refractivity contribution is -0.137. The van der Waals surface area contributed by atoms with Crippen molar-refractivity contribution < 1.29 is 22.4 Å². The van der Waals surface area contributed by atoms with E-state index < -0.39 is 11.7 Å². The summed E-state index contributed by atoms with van der Waals surface area (Å²) in [4.78, 5) is 23.2. The number of nitrogens with one attached hydrogen (secondary N) is 2. The summed E-state index contributed by atoms with van der Waals surface area (Å²) in [6, 6.07) is 16.9. The Bertz CT molecular complexity index is 1490. The molecule has 0 unspecified atom stereocenters. The molecule has 0 bridgehead atoms. The quantitative estimate of drug-likeness (QED) is 0.186. The van der Waals surface area contributed by atoms with Crippen molar-refractivity contribution in [3.63, 3.8) is 0 Å². The van der Waals surface area contributed by atoms with E-state index in [1.807, 2.05) is 12.1 Å². The van der Waals surface area contributed by atoms with Crippen molar-refractivity contribution >= 4 is 39.9 Å². The molecule has 0 spiro atoms. The van der Waals surface area contributed by atoms with Gasteiger partial charge >= 0.3 is 6.18 Å². The molecule has 1 aliphatic rings. The van der Waals surface area contributed by atoms with Crippen LogP contribution in [0.3, 0.4) is 0 Å². The van der Waals surface area contributed by atoms with E-state index in [9.17, 15) is 22.4 Å². The second-order valence-corrected chi connectivity index (χ2v) is 10.1. The van der Waals surface area contributed by atoms with Crippen molar-refractivity contribution in [1.29, 1.82) is 0 Å². The van der Waals surface area contributed by atoms with Gasteiger partial charge in [-0.1, -0.05) is 24.3 Å². The average molecular weight is 572 g/mol. The van der Waals surface area contributed by atoms with Crippen molar-refractivity contribution in [3.05, 3.63) is 94.5 Å². The molecule has 1 fully saturated rings. The largest absolute Gasteiger partial charge is 0.416 e. The maximum absolute atomic E-state index is 13.2. The maximum atomic E-state index is 13.2. The minimum atomic E-state index is -4.49. The summed E-state index contributed by atoms with van der Waals surface area (Å²) < 4.78 is 52.7. The molecule has 11 heteroatoms. The van der Waals surface area contributed by atoms with Crippen LogP contribution in [0.4, 0.5) is 29.1 Å². The molecular weight excluding hydrogens is 546 g/mol. The molecule has 1 saturated heterocycles. The lowest BCUT2D eigenvalue weighted by Gasteiger charge is -2.31. The number of piperidine rings is 1. The standard InChI is InChI=1S/C29H26ClF4N5O/c30-28-37-25-10-5-21(29(32,33)34)15-24(25)26(38-28)35-16-18-3-8-23(9-4-18)36-27(40)20-11-13-39(14-12-20)17-19-1-6-22(31)7-2-19/h1-10,15,20H,11-14,16-17H2,(H,36,40)(H,35,37,38). The number of carbonyl (C=O) groups excluding carboxylic acids is 1. The molecule has 2 heterocycles. The summed E-state index contributed by atoms with van der Waals surface area (Å²) >= 11 is 5.98. The first-order chi connectivity index (χ1) is 19.1. The van der Waals surface area contributed by atoms with E-state index in [0.29, 0.717) is 11.2 Å². The Morgan fingerprint density at radius 3 is 2.30 bits per heavy atom. The minimum absolute atomic E-state index is 0.0325. The van der Waals surface area contributed by atoms with Gasteiger partial charge in [0.25, 0.3) is 0 Å². The Labute approximate surface area is 233 Å². The van der Waals surface area contributed by atoms with E-state index in [4.69, 9.17) is 11.6 Å². The highest BCUT2D eigenvalue weighted by Gasteiger charge is 2.31. The monoisotopic (exact) mass is 571 g/mol. The lowest BCUT2D eigenvalue weighted by Crippen LogP contribution is -2.37. The van der Waals surface area contributed by atoms with Crippen LogP contribution in [0.15, 0.2) is 66.7 Å². The van der Waals surface area contributed by atoms with Gasteiger partial charge in [-0.25, -0.2) is 14.4 Å². The molecule has 5 rings (SSSR count). The predicted octanol–water partition coefficient (Wildman–Crippen LogP) is 6.90. The third-order valence-electron chi connectivity index (χ3n) is 6.96. The zero-order valence-electron chi connectivity index (χ0n) is 21.3. The number of fused-ring (bicyclic) bond motifs is 1. The van der Waals surface area contributed by atoms with Crippen LogP contribution in [0, 0.1) is 11.7 Å². The molecule has 1 amide bonds. The van der Waals surface area contributed by atoms with Crippen LogP contribution in [0.5, 0.6) is 0 Å². The Kier molecular flexibility index (Phi) is 8.18. The van der Waals surface area contributed by atoms with Gasteiger partial charge in [0, 0.05) is 30.1 Å². The molecule has 40 heavy (non-hydrogen) atoms. The van der Waals surface area contributed by atoms with Crippen LogP contribution in [0.1, 0.15) is 29.5 Å². The highest BCUT2D eigenvalue weighted by molar-refractivity contribution is 6.28. The number of rotatable bonds is 7. The first-order valence-corrected chi connectivity index (χ1v) is 13.2. The van der Waals surface area contributed by atoms with Gasteiger partial charge in [0.15, 0.2) is 0 Å². The number of anilines is 2. The highest BCUT2D eigenvalue weighted by atomic mass is 35.5. The van der Waals surface area contributed by atoms with Crippen LogP contribution in [-0.2, 0) is 24.1 Å². The number of alkyl halides is 3. The van der Waals surface area contributed by atoms with E-state index in [1.165, 1.54) is 18.2 Å². The highest BCUT2D eigenvalue weighted by Crippen LogP contribution is 2.33. The first-order valence-electron chi connectivity index (χ1n) is 12.8. The Morgan fingerprint density at radius 1 is 0.950 bits per heavy atom. The summed E-state index contributed by atoms with van der Waals surface area (Å²) in [5.74, 6) is -0.182. The Balaban J connectivity index is 1.15. The molecule has 0 saturated carbocycles. The molecule has 0 atom stereocenters. The van der Waals surface area contributed by atoms with Crippen molar-refractivity contribution in [3.8, 4) is 0 Å². The third-order valence-corrected chi connectivity index (χ3v) is 7.12. The summed E-state index contributed by atoms with van der Waals surface area (Å²) in [7, 11) is 0. The van der Waals surface area contributed by atoms with Gasteiger partial charge in [0.1, 0.15) is 11.6 Å². The summed E-state index contributed by atoms with van der Waals surface area (Å²) in [5.41, 5.74) is 2.04. The zero-order chi connectivity index (χ0) is 28.3. The summed E-state index contributed by atoms with van der Waals surface area (Å²) in [5, 5.41) is 6.16. The number of nitrogens with zero attached hydrogens (tertiary/aromatic N) is 3. The number of benzene rings is 3. The molecule has 0 radical (unpaired) electrons. The van der Waals surface area contributed by atoms with Crippen molar-refractivity contribution in [1.82, 2.24) is 14.9 Å². The smallest absolute Gasteiger partial charge is 0.365 e. The van der Waals surface area contributed by atoms with Crippen molar-refractivity contribution in [2.24, 2.45) is 5.92 Å². The number of halogens is 5. The molecule has 6 nitrogen and oxygen atoms in total. The molecule has 1 aliphatic heterocycles. The normalized spacial score (nSPS) is 14.8. The maximum Gasteiger partial charge on any atom is 0.416 e. The van der Waals surface area contributed by atoms with Crippen molar-refractivity contribution in [2.75, 3.05) is 23.7 Å². The number of aromatic nitrogens is 2. The van der Waals surface area contributed by atoms with Gasteiger partial charge in [0.05, 0.1) is 11.1 Å². The second kappa shape index (κ2) is 11.8. The average Bonchev–Trinajstić information content (AvgIpc) is 2.93. The number of likely N-dealkylation sites (tertiary alicyclic amines) is 1. The predicted molar refractivity (Wildman–Crippen MR) is 146 cm³/mol. The van der Waals surface area contributed by atoms with Gasteiger partial charge in [-0.3, -0.25) is 9.69 Å². The summed E-state index contributed by atoms with van der Waals surface area (Å²) in [6.07, 6.45) is -3.02. The van der Waals surface area contributed by atoms with Gasteiger partial charge in [0.2, 0.25) is 11.2 Å². The molecule has 2 N–H and O–H groups in total. The number of hydrogen-bond acceptors (Lipinski definition) is 5. The molecule has 0 aliphatic carbocycles. The molecule has 4 aromatic rings. The molecular formula is C29H26ClF4N5O. The number of amides is 1. The topological polar surface area (TPSA) is 70.1 Å². The minimum Gasteiger partial charge on any atom is -0.365 e. The van der Waals surface area contributed by atoms with E-state index in [-0.39, 0.29) is 40.7 Å². The Morgan fingerprint density at radius 2 is 1.62 bits per heavy atom. The van der Waals surface area contributed by atoms with Crippen LogP contribution in [0.25, 0.3) is 10.9 Å². The van der Waals surface area contributed by atoms with Crippen LogP contribution in [0.2, 0.25) is 5.28 Å². The fourth-order valence-corrected chi connectivity index (χ4v) is 4.92. The summed E-state index contributed by atoms with van der Waals surface area (Å²) in [6.45, 7) is 2.57. The molecule has 3 aromatic carbocycles. The molecule has 208 valence electrons. The SMILES string of the molecule is O=C(Nc1ccc(CNc2nc(Cl)nc3ccc(C(F)(F)F)cc23)cc1)C1CCN(Cc2ccc(F)cc2)CC1. The van der Waals surface area contributed by atoms with Crippen LogP contribution >= 0.6 is 11.6 Å². The fourth-order valence-electron chi connectivity index (χ4n) is 4.75. The van der Waals surface area contributed by atoms with Gasteiger partial charge in [-0.05, 0) is 91.1 Å². The van der Waals surface area contributed by atoms with E-state index in [2.05, 4.69) is 25.5 Å². The van der Waals surface area contributed by atoms with Crippen LogP contribution < -0.4 is 10.6 Å². The number of carbonyl (C=O) groups is 1. The van der Waals surface area contributed by atoms with E-state index in [0.717, 1.165) is 55.7 Å². The first kappa shape index (κ1) is 27.8. The fraction of sp³-hybridized carbons (Fsp3) is 0.276. The van der Waals surface area contributed by atoms with E-state index >= 15 is 0 Å². The third kappa shape index (κ3) is 6.86. The van der Waals surface area contributed by atoms with E-state index in [1.54, 1.807) is 24.3 Å². The van der Waals surface area contributed by atoms with Gasteiger partial charge in [-0.2, -0.15) is 13.2 Å². The number of hydrogen-bond donors (Lipinski definition) is 2.